The van der Waals surface area contributed by atoms with Crippen molar-refractivity contribution < 1.29 is 19.3 Å². The minimum atomic E-state index is -0.497. The molecule has 2 rings (SSSR count). The molecular weight excluding hydrogens is 280 g/mol. The first-order valence-corrected chi connectivity index (χ1v) is 7.23. The molecule has 0 aliphatic rings. The Labute approximate surface area is 130 Å². The molecule has 2 aromatic carbocycles. The number of ether oxygens (including phenoxy) is 1. The van der Waals surface area contributed by atoms with E-state index in [0.717, 1.165) is 11.1 Å². The minimum absolute atomic E-state index is 0.0695. The van der Waals surface area contributed by atoms with E-state index in [-0.39, 0.29) is 6.10 Å². The maximum absolute atomic E-state index is 12.0. The van der Waals surface area contributed by atoms with Crippen LogP contribution in [-0.2, 0) is 14.5 Å². The van der Waals surface area contributed by atoms with Gasteiger partial charge in [-0.15, -0.1) is 0 Å². The largest absolute Gasteiger partial charge is 0.382 e. The van der Waals surface area contributed by atoms with Gasteiger partial charge in [0.15, 0.2) is 0 Å². The first kappa shape index (κ1) is 16.2. The Hall–Kier alpha value is -2.17. The predicted molar refractivity (Wildman–Crippen MR) is 84.3 cm³/mol. The van der Waals surface area contributed by atoms with E-state index in [2.05, 4.69) is 0 Å². The Morgan fingerprint density at radius 1 is 1.05 bits per heavy atom. The van der Waals surface area contributed by atoms with Crippen molar-refractivity contribution in [2.75, 3.05) is 13.7 Å². The first-order valence-electron chi connectivity index (χ1n) is 7.23. The molecule has 0 aromatic heterocycles. The van der Waals surface area contributed by atoms with Gasteiger partial charge in [0.1, 0.15) is 0 Å². The number of carbonyl (C=O) groups is 1. The Bertz CT molecular complexity index is 595. The van der Waals surface area contributed by atoms with Gasteiger partial charge in [-0.1, -0.05) is 42.5 Å². The number of carbonyl (C=O) groups excluding carboxylic acids is 1. The van der Waals surface area contributed by atoms with E-state index in [1.165, 1.54) is 0 Å². The molecule has 1 unspecified atom stereocenters. The molecule has 2 aromatic rings. The van der Waals surface area contributed by atoms with Crippen molar-refractivity contribution in [1.82, 2.24) is 0 Å². The number of hydrogen-bond donors (Lipinski definition) is 0. The summed E-state index contributed by atoms with van der Waals surface area (Å²) in [5.74, 6) is -0.497. The second-order valence-electron chi connectivity index (χ2n) is 4.97. The van der Waals surface area contributed by atoms with Crippen LogP contribution >= 0.6 is 0 Å². The summed E-state index contributed by atoms with van der Waals surface area (Å²) in [5, 5.41) is 0. The average Bonchev–Trinajstić information content (AvgIpc) is 2.59. The van der Waals surface area contributed by atoms with Crippen molar-refractivity contribution in [3.05, 3.63) is 60.2 Å². The molecule has 22 heavy (non-hydrogen) atoms. The maximum atomic E-state index is 12.0. The highest BCUT2D eigenvalue weighted by Crippen LogP contribution is 2.20. The third-order valence-electron chi connectivity index (χ3n) is 3.35. The second kappa shape index (κ2) is 8.32. The Morgan fingerprint density at radius 3 is 2.50 bits per heavy atom. The van der Waals surface area contributed by atoms with Crippen LogP contribution in [0.25, 0.3) is 11.1 Å². The van der Waals surface area contributed by atoms with Gasteiger partial charge >= 0.3 is 5.97 Å². The van der Waals surface area contributed by atoms with Crippen LogP contribution in [0.3, 0.4) is 0 Å². The van der Waals surface area contributed by atoms with Gasteiger partial charge in [0.05, 0.1) is 18.3 Å². The minimum Gasteiger partial charge on any atom is -0.382 e. The fourth-order valence-electron chi connectivity index (χ4n) is 1.93. The molecule has 0 amide bonds. The molecule has 0 bridgehead atoms. The summed E-state index contributed by atoms with van der Waals surface area (Å²) < 4.78 is 5.09. The third-order valence-corrected chi connectivity index (χ3v) is 3.35. The number of benzene rings is 2. The summed E-state index contributed by atoms with van der Waals surface area (Å²) in [5.41, 5.74) is 2.47. The van der Waals surface area contributed by atoms with E-state index in [4.69, 9.17) is 14.5 Å². The molecule has 0 N–H and O–H groups in total. The van der Waals surface area contributed by atoms with Gasteiger partial charge in [-0.3, -0.25) is 4.89 Å². The second-order valence-corrected chi connectivity index (χ2v) is 4.97. The summed E-state index contributed by atoms with van der Waals surface area (Å²) in [4.78, 5) is 21.7. The molecular formula is C18H20O4. The zero-order chi connectivity index (χ0) is 15.8. The fourth-order valence-corrected chi connectivity index (χ4v) is 1.93. The third kappa shape index (κ3) is 4.69. The lowest BCUT2D eigenvalue weighted by Gasteiger charge is -2.09. The van der Waals surface area contributed by atoms with Crippen LogP contribution in [0.5, 0.6) is 0 Å². The zero-order valence-electron chi connectivity index (χ0n) is 12.8. The number of hydrogen-bond acceptors (Lipinski definition) is 4. The standard InChI is InChI=1S/C18H20O4/c1-14(20-2)11-12-21-22-18(19)17-10-6-9-16(13-17)15-7-4-3-5-8-15/h3-10,13-14H,11-12H2,1-2H3. The average molecular weight is 300 g/mol. The lowest BCUT2D eigenvalue weighted by molar-refractivity contribution is -0.244. The van der Waals surface area contributed by atoms with Crippen molar-refractivity contribution >= 4 is 5.97 Å². The topological polar surface area (TPSA) is 44.8 Å². The summed E-state index contributed by atoms with van der Waals surface area (Å²) in [6, 6.07) is 17.1. The van der Waals surface area contributed by atoms with Gasteiger partial charge in [-0.25, -0.2) is 4.79 Å². The molecule has 0 radical (unpaired) electrons. The quantitative estimate of drug-likeness (QED) is 0.442. The summed E-state index contributed by atoms with van der Waals surface area (Å²) in [7, 11) is 1.63. The van der Waals surface area contributed by atoms with Crippen LogP contribution in [0, 0.1) is 0 Å². The molecule has 4 nitrogen and oxygen atoms in total. The van der Waals surface area contributed by atoms with Gasteiger partial charge in [-0.05, 0) is 30.2 Å². The summed E-state index contributed by atoms with van der Waals surface area (Å²) >= 11 is 0. The van der Waals surface area contributed by atoms with Gasteiger partial charge < -0.3 is 4.74 Å². The van der Waals surface area contributed by atoms with E-state index in [9.17, 15) is 4.79 Å². The Kier molecular flexibility index (Phi) is 6.13. The Balaban J connectivity index is 1.93. The van der Waals surface area contributed by atoms with Crippen molar-refractivity contribution in [3.8, 4) is 11.1 Å². The molecule has 1 atom stereocenters. The highest BCUT2D eigenvalue weighted by Gasteiger charge is 2.10. The number of rotatable bonds is 7. The molecule has 4 heteroatoms. The summed E-state index contributed by atoms with van der Waals surface area (Å²) in [6.45, 7) is 2.23. The molecule has 0 spiro atoms. The first-order chi connectivity index (χ1) is 10.7. The van der Waals surface area contributed by atoms with Crippen LogP contribution in [0.2, 0.25) is 0 Å². The molecule has 0 aliphatic carbocycles. The van der Waals surface area contributed by atoms with E-state index < -0.39 is 5.97 Å². The van der Waals surface area contributed by atoms with Crippen LogP contribution in [0.4, 0.5) is 0 Å². The van der Waals surface area contributed by atoms with Crippen molar-refractivity contribution in [2.45, 2.75) is 19.4 Å². The van der Waals surface area contributed by atoms with E-state index in [1.54, 1.807) is 19.2 Å². The zero-order valence-corrected chi connectivity index (χ0v) is 12.8. The summed E-state index contributed by atoms with van der Waals surface area (Å²) in [6.07, 6.45) is 0.730. The van der Waals surface area contributed by atoms with Gasteiger partial charge in [-0.2, -0.15) is 4.89 Å². The van der Waals surface area contributed by atoms with Gasteiger partial charge in [0.25, 0.3) is 0 Å². The van der Waals surface area contributed by atoms with Crippen molar-refractivity contribution in [1.29, 1.82) is 0 Å². The molecule has 0 aliphatic heterocycles. The molecule has 0 fully saturated rings. The Morgan fingerprint density at radius 2 is 1.77 bits per heavy atom. The molecule has 0 saturated carbocycles. The monoisotopic (exact) mass is 300 g/mol. The highest BCUT2D eigenvalue weighted by atomic mass is 17.2. The van der Waals surface area contributed by atoms with Crippen molar-refractivity contribution in [2.24, 2.45) is 0 Å². The highest BCUT2D eigenvalue weighted by molar-refractivity contribution is 5.90. The van der Waals surface area contributed by atoms with E-state index >= 15 is 0 Å². The lowest BCUT2D eigenvalue weighted by Crippen LogP contribution is -2.12. The SMILES string of the molecule is COC(C)CCOOC(=O)c1cccc(-c2ccccc2)c1. The lowest BCUT2D eigenvalue weighted by atomic mass is 10.0. The van der Waals surface area contributed by atoms with E-state index in [1.807, 2.05) is 49.4 Å². The van der Waals surface area contributed by atoms with Crippen LogP contribution in [0.1, 0.15) is 23.7 Å². The molecule has 0 heterocycles. The van der Waals surface area contributed by atoms with Crippen LogP contribution < -0.4 is 0 Å². The van der Waals surface area contributed by atoms with Crippen LogP contribution in [-0.4, -0.2) is 25.8 Å². The molecule has 0 saturated heterocycles. The van der Waals surface area contributed by atoms with Gasteiger partial charge in [0, 0.05) is 13.5 Å². The van der Waals surface area contributed by atoms with E-state index in [0.29, 0.717) is 18.6 Å². The maximum Gasteiger partial charge on any atom is 0.373 e. The van der Waals surface area contributed by atoms with Crippen LogP contribution in [0.15, 0.2) is 54.6 Å². The molecule has 116 valence electrons. The number of methoxy groups -OCH3 is 1. The fraction of sp³-hybridized carbons (Fsp3) is 0.278. The normalized spacial score (nSPS) is 11.9. The van der Waals surface area contributed by atoms with Gasteiger partial charge in [0.2, 0.25) is 0 Å². The van der Waals surface area contributed by atoms with Crippen molar-refractivity contribution in [3.63, 3.8) is 0 Å². The predicted octanol–water partition coefficient (Wildman–Crippen LogP) is 3.87. The smallest absolute Gasteiger partial charge is 0.373 e.